The Labute approximate surface area is 54.1 Å². The minimum atomic E-state index is -0.603. The molecule has 3 heteroatoms. The summed E-state index contributed by atoms with van der Waals surface area (Å²) in [5, 5.41) is 11.3. The van der Waals surface area contributed by atoms with Crippen molar-refractivity contribution in [2.24, 2.45) is 5.92 Å². The molecule has 1 fully saturated rings. The molecule has 0 radical (unpaired) electrons. The first kappa shape index (κ1) is 6.55. The molecule has 2 unspecified atom stereocenters. The number of carbonyl (C=O) groups excluding carboxylic acids is 1. The average Bonchev–Trinajstić information content (AvgIpc) is 1.80. The third kappa shape index (κ3) is 1.42. The van der Waals surface area contributed by atoms with Gasteiger partial charge >= 0.3 is 0 Å². The fourth-order valence-corrected chi connectivity index (χ4v) is 0.918. The zero-order valence-electron chi connectivity index (χ0n) is 5.42. The Morgan fingerprint density at radius 1 is 1.67 bits per heavy atom. The summed E-state index contributed by atoms with van der Waals surface area (Å²) >= 11 is 0. The van der Waals surface area contributed by atoms with Crippen molar-refractivity contribution in [3.8, 4) is 0 Å². The Kier molecular flexibility index (Phi) is 1.71. The average molecular weight is 129 g/mol. The first-order chi connectivity index (χ1) is 4.20. The van der Waals surface area contributed by atoms with E-state index in [4.69, 9.17) is 5.11 Å². The zero-order chi connectivity index (χ0) is 6.85. The molecule has 0 saturated carbocycles. The summed E-state index contributed by atoms with van der Waals surface area (Å²) in [6, 6.07) is 0. The summed E-state index contributed by atoms with van der Waals surface area (Å²) in [7, 11) is 0. The highest BCUT2D eigenvalue weighted by molar-refractivity contribution is 5.79. The summed E-state index contributed by atoms with van der Waals surface area (Å²) in [6.45, 7) is 1.86. The van der Waals surface area contributed by atoms with Gasteiger partial charge in [0.25, 0.3) is 0 Å². The van der Waals surface area contributed by atoms with Crippen molar-refractivity contribution in [3.05, 3.63) is 0 Å². The number of nitrogens with one attached hydrogen (secondary N) is 1. The fraction of sp³-hybridized carbons (Fsp3) is 0.833. The van der Waals surface area contributed by atoms with Gasteiger partial charge in [-0.15, -0.1) is 0 Å². The van der Waals surface area contributed by atoms with Crippen molar-refractivity contribution in [3.63, 3.8) is 0 Å². The number of aliphatic hydroxyl groups is 1. The molecule has 0 aromatic heterocycles. The van der Waals surface area contributed by atoms with Gasteiger partial charge in [0.15, 0.2) is 0 Å². The van der Waals surface area contributed by atoms with Crippen LogP contribution in [0.1, 0.15) is 19.8 Å². The van der Waals surface area contributed by atoms with E-state index in [1.807, 2.05) is 6.92 Å². The lowest BCUT2D eigenvalue weighted by Crippen LogP contribution is -2.42. The number of carbonyl (C=O) groups is 1. The van der Waals surface area contributed by atoms with Gasteiger partial charge in [-0.1, -0.05) is 6.92 Å². The molecule has 52 valence electrons. The maximum Gasteiger partial charge on any atom is 0.224 e. The van der Waals surface area contributed by atoms with Gasteiger partial charge in [0.2, 0.25) is 5.91 Å². The highest BCUT2D eigenvalue weighted by Gasteiger charge is 2.21. The highest BCUT2D eigenvalue weighted by Crippen LogP contribution is 2.12. The lowest BCUT2D eigenvalue weighted by Gasteiger charge is -2.22. The van der Waals surface area contributed by atoms with Crippen molar-refractivity contribution < 1.29 is 9.90 Å². The number of piperidine rings is 1. The smallest absolute Gasteiger partial charge is 0.224 e. The zero-order valence-corrected chi connectivity index (χ0v) is 5.42. The first-order valence-corrected chi connectivity index (χ1v) is 3.18. The predicted molar refractivity (Wildman–Crippen MR) is 32.5 cm³/mol. The van der Waals surface area contributed by atoms with Crippen molar-refractivity contribution in [1.29, 1.82) is 0 Å². The Balaban J connectivity index is 2.44. The number of hydrogen-bond donors (Lipinski definition) is 2. The van der Waals surface area contributed by atoms with Gasteiger partial charge in [0.1, 0.15) is 6.23 Å². The Bertz CT molecular complexity index is 124. The molecule has 1 amide bonds. The predicted octanol–water partition coefficient (Wildman–Crippen LogP) is -0.149. The van der Waals surface area contributed by atoms with Gasteiger partial charge in [0.05, 0.1) is 0 Å². The van der Waals surface area contributed by atoms with Crippen LogP contribution in [0.5, 0.6) is 0 Å². The van der Waals surface area contributed by atoms with Gasteiger partial charge in [-0.25, -0.2) is 0 Å². The molecule has 2 atom stereocenters. The second-order valence-corrected chi connectivity index (χ2v) is 2.50. The van der Waals surface area contributed by atoms with E-state index in [0.717, 1.165) is 6.42 Å². The molecule has 1 aliphatic rings. The Morgan fingerprint density at radius 2 is 2.33 bits per heavy atom. The summed E-state index contributed by atoms with van der Waals surface area (Å²) in [5.41, 5.74) is 0. The maximum atomic E-state index is 10.7. The molecule has 0 spiro atoms. The summed E-state index contributed by atoms with van der Waals surface area (Å²) < 4.78 is 0. The van der Waals surface area contributed by atoms with Crippen molar-refractivity contribution in [2.75, 3.05) is 0 Å². The molecule has 1 saturated heterocycles. The number of amides is 1. The SMILES string of the molecule is CC1CCC(O)NC1=O. The number of aliphatic hydroxyl groups excluding tert-OH is 1. The van der Waals surface area contributed by atoms with Gasteiger partial charge in [0, 0.05) is 5.92 Å². The van der Waals surface area contributed by atoms with E-state index >= 15 is 0 Å². The lowest BCUT2D eigenvalue weighted by molar-refractivity contribution is -0.130. The molecule has 1 aliphatic heterocycles. The molecule has 2 N–H and O–H groups in total. The highest BCUT2D eigenvalue weighted by atomic mass is 16.3. The molecule has 1 heterocycles. The van der Waals surface area contributed by atoms with Crippen LogP contribution in [0.25, 0.3) is 0 Å². The Hall–Kier alpha value is -0.570. The van der Waals surface area contributed by atoms with Gasteiger partial charge < -0.3 is 10.4 Å². The minimum Gasteiger partial charge on any atom is -0.374 e. The number of rotatable bonds is 0. The minimum absolute atomic E-state index is 0.0336. The van der Waals surface area contributed by atoms with E-state index in [-0.39, 0.29) is 11.8 Å². The molecule has 0 aliphatic carbocycles. The van der Waals surface area contributed by atoms with Crippen LogP contribution in [0, 0.1) is 5.92 Å². The van der Waals surface area contributed by atoms with Crippen LogP contribution >= 0.6 is 0 Å². The van der Waals surface area contributed by atoms with E-state index in [9.17, 15) is 4.79 Å². The van der Waals surface area contributed by atoms with Crippen molar-refractivity contribution in [1.82, 2.24) is 5.32 Å². The monoisotopic (exact) mass is 129 g/mol. The second kappa shape index (κ2) is 2.35. The summed E-state index contributed by atoms with van der Waals surface area (Å²) in [5.74, 6) is 0.0437. The second-order valence-electron chi connectivity index (χ2n) is 2.50. The maximum absolute atomic E-state index is 10.7. The van der Waals surface area contributed by atoms with Crippen LogP contribution in [0.4, 0.5) is 0 Å². The van der Waals surface area contributed by atoms with Crippen LogP contribution in [-0.2, 0) is 4.79 Å². The quantitative estimate of drug-likeness (QED) is 0.478. The fourth-order valence-electron chi connectivity index (χ4n) is 0.918. The molecular formula is C6H11NO2. The molecule has 9 heavy (non-hydrogen) atoms. The van der Waals surface area contributed by atoms with Gasteiger partial charge in [-0.2, -0.15) is 0 Å². The molecule has 0 aromatic rings. The Morgan fingerprint density at radius 3 is 2.78 bits per heavy atom. The summed E-state index contributed by atoms with van der Waals surface area (Å²) in [6.07, 6.45) is 0.883. The van der Waals surface area contributed by atoms with Gasteiger partial charge in [-0.05, 0) is 12.8 Å². The van der Waals surface area contributed by atoms with Crippen LogP contribution in [0.15, 0.2) is 0 Å². The van der Waals surface area contributed by atoms with E-state index in [2.05, 4.69) is 5.32 Å². The molecule has 0 aromatic carbocycles. The largest absolute Gasteiger partial charge is 0.374 e. The van der Waals surface area contributed by atoms with Gasteiger partial charge in [-0.3, -0.25) is 4.79 Å². The molecule has 3 nitrogen and oxygen atoms in total. The van der Waals surface area contributed by atoms with Crippen LogP contribution in [0.3, 0.4) is 0 Å². The molecular weight excluding hydrogens is 118 g/mol. The normalized spacial score (nSPS) is 36.0. The molecule has 1 rings (SSSR count). The number of hydrogen-bond acceptors (Lipinski definition) is 2. The van der Waals surface area contributed by atoms with E-state index in [1.165, 1.54) is 0 Å². The first-order valence-electron chi connectivity index (χ1n) is 3.18. The van der Waals surface area contributed by atoms with Crippen LogP contribution in [0.2, 0.25) is 0 Å². The van der Waals surface area contributed by atoms with E-state index in [0.29, 0.717) is 6.42 Å². The lowest BCUT2D eigenvalue weighted by atomic mass is 10.0. The third-order valence-corrected chi connectivity index (χ3v) is 1.63. The summed E-state index contributed by atoms with van der Waals surface area (Å²) in [4.78, 5) is 10.7. The topological polar surface area (TPSA) is 49.3 Å². The van der Waals surface area contributed by atoms with Crippen molar-refractivity contribution >= 4 is 5.91 Å². The van der Waals surface area contributed by atoms with Crippen molar-refractivity contribution in [2.45, 2.75) is 26.0 Å². The van der Waals surface area contributed by atoms with Crippen LogP contribution < -0.4 is 5.32 Å². The van der Waals surface area contributed by atoms with E-state index < -0.39 is 6.23 Å². The standard InChI is InChI=1S/C6H11NO2/c1-4-2-3-5(8)7-6(4)9/h4-5,8H,2-3H2,1H3,(H,7,9). The van der Waals surface area contributed by atoms with E-state index in [1.54, 1.807) is 0 Å². The third-order valence-electron chi connectivity index (χ3n) is 1.63. The van der Waals surface area contributed by atoms with Crippen LogP contribution in [-0.4, -0.2) is 17.2 Å². The molecule has 0 bridgehead atoms.